The summed E-state index contributed by atoms with van der Waals surface area (Å²) < 4.78 is 0. The van der Waals surface area contributed by atoms with Gasteiger partial charge >= 0.3 is 0 Å². The third-order valence-corrected chi connectivity index (χ3v) is 4.43. The van der Waals surface area contributed by atoms with E-state index in [1.165, 1.54) is 0 Å². The van der Waals surface area contributed by atoms with Crippen LogP contribution in [0.15, 0.2) is 42.5 Å². The number of alkyl halides is 1. The van der Waals surface area contributed by atoms with Gasteiger partial charge in [0.1, 0.15) is 0 Å². The summed E-state index contributed by atoms with van der Waals surface area (Å²) in [7, 11) is 0. The minimum atomic E-state index is 0.0609. The maximum Gasteiger partial charge on any atom is 0.246 e. The Morgan fingerprint density at radius 1 is 1.13 bits per heavy atom. The van der Waals surface area contributed by atoms with Gasteiger partial charge in [0.25, 0.3) is 0 Å². The molecule has 0 spiro atoms. The number of carbonyl (C=O) groups is 1. The van der Waals surface area contributed by atoms with Crippen molar-refractivity contribution in [3.8, 4) is 0 Å². The van der Waals surface area contributed by atoms with Crippen LogP contribution >= 0.6 is 23.2 Å². The fourth-order valence-electron chi connectivity index (χ4n) is 2.49. The molecule has 1 aromatic rings. The third kappa shape index (κ3) is 6.02. The Hall–Kier alpha value is -1.29. The molecule has 2 rings (SSSR count). The lowest BCUT2D eigenvalue weighted by Crippen LogP contribution is -2.48. The molecule has 1 fully saturated rings. The van der Waals surface area contributed by atoms with Crippen molar-refractivity contribution in [3.63, 3.8) is 0 Å². The van der Waals surface area contributed by atoms with Crippen LogP contribution in [0, 0.1) is 0 Å². The molecule has 1 aliphatic rings. The Morgan fingerprint density at radius 2 is 1.87 bits per heavy atom. The van der Waals surface area contributed by atoms with Gasteiger partial charge in [-0.3, -0.25) is 9.69 Å². The maximum absolute atomic E-state index is 12.1. The van der Waals surface area contributed by atoms with Gasteiger partial charge < -0.3 is 4.90 Å². The number of hydrogen-bond acceptors (Lipinski definition) is 2. The van der Waals surface area contributed by atoms with Crippen LogP contribution in [0.2, 0.25) is 5.02 Å². The summed E-state index contributed by atoms with van der Waals surface area (Å²) in [5.74, 6) is 0.755. The number of halogens is 2. The van der Waals surface area contributed by atoms with Crippen molar-refractivity contribution in [2.75, 3.05) is 38.6 Å². The summed E-state index contributed by atoms with van der Waals surface area (Å²) >= 11 is 11.8. The average molecular weight is 353 g/mol. The molecule has 1 amide bonds. The van der Waals surface area contributed by atoms with Crippen LogP contribution in [0.4, 0.5) is 0 Å². The van der Waals surface area contributed by atoms with Crippen LogP contribution in [0.25, 0.3) is 6.08 Å². The van der Waals surface area contributed by atoms with Crippen molar-refractivity contribution in [2.45, 2.75) is 6.42 Å². The van der Waals surface area contributed by atoms with Crippen molar-refractivity contribution in [3.05, 3.63) is 53.1 Å². The van der Waals surface area contributed by atoms with Gasteiger partial charge in [-0.05, 0) is 24.6 Å². The Bertz CT molecular complexity index is 564. The summed E-state index contributed by atoms with van der Waals surface area (Å²) in [6, 6.07) is 7.62. The molecule has 0 bridgehead atoms. The molecule has 124 valence electrons. The first-order valence-electron chi connectivity index (χ1n) is 7.87. The first-order chi connectivity index (χ1) is 11.2. The molecule has 1 saturated heterocycles. The van der Waals surface area contributed by atoms with Crippen LogP contribution in [0.1, 0.15) is 12.0 Å². The Kier molecular flexibility index (Phi) is 7.66. The van der Waals surface area contributed by atoms with Crippen molar-refractivity contribution in [1.82, 2.24) is 9.80 Å². The molecule has 0 aliphatic carbocycles. The minimum Gasteiger partial charge on any atom is -0.337 e. The Morgan fingerprint density at radius 3 is 2.57 bits per heavy atom. The monoisotopic (exact) mass is 352 g/mol. The summed E-state index contributed by atoms with van der Waals surface area (Å²) in [5.41, 5.74) is 0.944. The fourth-order valence-corrected chi connectivity index (χ4v) is 2.81. The van der Waals surface area contributed by atoms with Crippen molar-refractivity contribution >= 4 is 35.2 Å². The van der Waals surface area contributed by atoms with E-state index in [0.29, 0.717) is 10.9 Å². The summed E-state index contributed by atoms with van der Waals surface area (Å²) in [5, 5.41) is 0.705. The van der Waals surface area contributed by atoms with Crippen molar-refractivity contribution in [1.29, 1.82) is 0 Å². The van der Waals surface area contributed by atoms with E-state index in [4.69, 9.17) is 23.2 Å². The zero-order valence-corrected chi connectivity index (χ0v) is 14.6. The standard InChI is InChI=1S/C18H22Cl2N2O/c19-10-5-11-21-12-14-22(15-13-21)18(23)9-4-2-7-16-6-1-3-8-17(16)20/h1-4,6-9H,5,10-15H2/b7-2+,9-4+. The number of piperazine rings is 1. The molecule has 5 heteroatoms. The molecule has 3 nitrogen and oxygen atoms in total. The highest BCUT2D eigenvalue weighted by Gasteiger charge is 2.18. The number of rotatable bonds is 6. The van der Waals surface area contributed by atoms with Crippen LogP contribution in [-0.2, 0) is 4.79 Å². The van der Waals surface area contributed by atoms with Gasteiger partial charge in [-0.2, -0.15) is 0 Å². The van der Waals surface area contributed by atoms with Crippen LogP contribution in [0.3, 0.4) is 0 Å². The number of nitrogens with zero attached hydrogens (tertiary/aromatic N) is 2. The number of benzene rings is 1. The number of hydrogen-bond donors (Lipinski definition) is 0. The smallest absolute Gasteiger partial charge is 0.246 e. The molecular weight excluding hydrogens is 331 g/mol. The molecule has 1 aromatic carbocycles. The molecule has 0 saturated carbocycles. The lowest BCUT2D eigenvalue weighted by Gasteiger charge is -2.34. The fraction of sp³-hybridized carbons (Fsp3) is 0.389. The predicted molar refractivity (Wildman–Crippen MR) is 98.0 cm³/mol. The Balaban J connectivity index is 1.78. The van der Waals surface area contributed by atoms with Crippen LogP contribution in [-0.4, -0.2) is 54.3 Å². The normalized spacial score (nSPS) is 16.5. The number of allylic oxidation sites excluding steroid dienone is 2. The van der Waals surface area contributed by atoms with Gasteiger partial charge in [-0.1, -0.05) is 48.0 Å². The molecule has 1 heterocycles. The van der Waals surface area contributed by atoms with Crippen LogP contribution < -0.4 is 0 Å². The largest absolute Gasteiger partial charge is 0.337 e. The first-order valence-corrected chi connectivity index (χ1v) is 8.78. The van der Waals surface area contributed by atoms with E-state index in [1.54, 1.807) is 12.2 Å². The molecule has 0 radical (unpaired) electrons. The zero-order valence-electron chi connectivity index (χ0n) is 13.1. The van der Waals surface area contributed by atoms with E-state index < -0.39 is 0 Å². The van der Waals surface area contributed by atoms with E-state index in [0.717, 1.165) is 44.7 Å². The molecule has 0 N–H and O–H groups in total. The van der Waals surface area contributed by atoms with Gasteiger partial charge in [0.05, 0.1) is 0 Å². The lowest BCUT2D eigenvalue weighted by atomic mass is 10.2. The minimum absolute atomic E-state index is 0.0609. The summed E-state index contributed by atoms with van der Waals surface area (Å²) in [4.78, 5) is 16.4. The van der Waals surface area contributed by atoms with Crippen LogP contribution in [0.5, 0.6) is 0 Å². The van der Waals surface area contributed by atoms with Gasteiger partial charge in [0.15, 0.2) is 0 Å². The zero-order chi connectivity index (χ0) is 16.5. The summed E-state index contributed by atoms with van der Waals surface area (Å²) in [6.45, 7) is 4.42. The second-order valence-corrected chi connectivity index (χ2v) is 6.23. The predicted octanol–water partition coefficient (Wildman–Crippen LogP) is 3.68. The quantitative estimate of drug-likeness (QED) is 0.443. The molecule has 0 aromatic heterocycles. The molecule has 0 atom stereocenters. The highest BCUT2D eigenvalue weighted by Crippen LogP contribution is 2.16. The second-order valence-electron chi connectivity index (χ2n) is 5.45. The first kappa shape index (κ1) is 18.1. The molecule has 23 heavy (non-hydrogen) atoms. The molecular formula is C18H22Cl2N2O. The van der Waals surface area contributed by atoms with E-state index in [9.17, 15) is 4.79 Å². The number of amides is 1. The van der Waals surface area contributed by atoms with Gasteiger partial charge in [-0.25, -0.2) is 0 Å². The average Bonchev–Trinajstić information content (AvgIpc) is 2.58. The highest BCUT2D eigenvalue weighted by molar-refractivity contribution is 6.32. The number of carbonyl (C=O) groups excluding carboxylic acids is 1. The van der Waals surface area contributed by atoms with E-state index in [2.05, 4.69) is 4.90 Å². The molecule has 1 aliphatic heterocycles. The van der Waals surface area contributed by atoms with E-state index >= 15 is 0 Å². The highest BCUT2D eigenvalue weighted by atomic mass is 35.5. The lowest BCUT2D eigenvalue weighted by molar-refractivity contribution is -0.127. The summed E-state index contributed by atoms with van der Waals surface area (Å²) in [6.07, 6.45) is 8.13. The maximum atomic E-state index is 12.1. The van der Waals surface area contributed by atoms with Crippen molar-refractivity contribution in [2.24, 2.45) is 0 Å². The van der Waals surface area contributed by atoms with Crippen molar-refractivity contribution < 1.29 is 4.79 Å². The van der Waals surface area contributed by atoms with E-state index in [-0.39, 0.29) is 5.91 Å². The Labute approximate surface area is 148 Å². The van der Waals surface area contributed by atoms with Gasteiger partial charge in [0.2, 0.25) is 5.91 Å². The topological polar surface area (TPSA) is 23.6 Å². The third-order valence-electron chi connectivity index (χ3n) is 3.82. The molecule has 0 unspecified atom stereocenters. The van der Waals surface area contributed by atoms with Gasteiger partial charge in [0, 0.05) is 43.2 Å². The second kappa shape index (κ2) is 9.76. The van der Waals surface area contributed by atoms with E-state index in [1.807, 2.05) is 41.3 Å². The SMILES string of the molecule is O=C(/C=C/C=C/c1ccccc1Cl)N1CCN(CCCCl)CC1. The van der Waals surface area contributed by atoms with Gasteiger partial charge in [-0.15, -0.1) is 11.6 Å².